The minimum atomic E-state index is -0.568. The topological polar surface area (TPSA) is 73.9 Å². The fourth-order valence-electron chi connectivity index (χ4n) is 4.52. The van der Waals surface area contributed by atoms with Crippen molar-refractivity contribution in [2.45, 2.75) is 38.7 Å². The quantitative estimate of drug-likeness (QED) is 0.566. The molecule has 8 heteroatoms. The van der Waals surface area contributed by atoms with E-state index in [1.54, 1.807) is 13.2 Å². The number of esters is 1. The predicted octanol–water partition coefficient (Wildman–Crippen LogP) is 5.21. The van der Waals surface area contributed by atoms with Crippen molar-refractivity contribution >= 4 is 23.4 Å². The van der Waals surface area contributed by atoms with E-state index in [4.69, 9.17) is 25.8 Å². The second kappa shape index (κ2) is 9.89. The molecule has 6 nitrogen and oxygen atoms in total. The first-order valence-corrected chi connectivity index (χ1v) is 11.3. The van der Waals surface area contributed by atoms with Crippen molar-refractivity contribution in [3.8, 4) is 11.5 Å². The summed E-state index contributed by atoms with van der Waals surface area (Å²) >= 11 is 5.86. The zero-order valence-electron chi connectivity index (χ0n) is 19.2. The van der Waals surface area contributed by atoms with E-state index < -0.39 is 17.7 Å². The molecule has 0 fully saturated rings. The summed E-state index contributed by atoms with van der Waals surface area (Å²) in [7, 11) is 2.88. The lowest BCUT2D eigenvalue weighted by atomic mass is 9.75. The van der Waals surface area contributed by atoms with Gasteiger partial charge >= 0.3 is 5.97 Å². The molecule has 2 aromatic rings. The van der Waals surface area contributed by atoms with Crippen LogP contribution in [0.3, 0.4) is 0 Å². The molecule has 34 heavy (non-hydrogen) atoms. The summed E-state index contributed by atoms with van der Waals surface area (Å²) in [6.45, 7) is 1.92. The van der Waals surface area contributed by atoms with Crippen molar-refractivity contribution in [3.63, 3.8) is 0 Å². The largest absolute Gasteiger partial charge is 0.496 e. The number of benzene rings is 2. The first kappa shape index (κ1) is 23.8. The van der Waals surface area contributed by atoms with Crippen LogP contribution in [0.5, 0.6) is 11.5 Å². The number of methoxy groups -OCH3 is 2. The maximum atomic E-state index is 13.5. The summed E-state index contributed by atoms with van der Waals surface area (Å²) in [5.74, 6) is -0.592. The Balaban J connectivity index is 1.75. The van der Waals surface area contributed by atoms with E-state index in [1.165, 1.54) is 25.3 Å². The van der Waals surface area contributed by atoms with Gasteiger partial charge in [-0.15, -0.1) is 0 Å². The molecule has 1 aliphatic heterocycles. The molecule has 1 N–H and O–H groups in total. The Morgan fingerprint density at radius 2 is 1.97 bits per heavy atom. The van der Waals surface area contributed by atoms with E-state index in [0.717, 1.165) is 24.1 Å². The molecule has 1 aliphatic carbocycles. The molecule has 0 unspecified atom stereocenters. The van der Waals surface area contributed by atoms with Crippen molar-refractivity contribution in [1.29, 1.82) is 0 Å². The zero-order valence-corrected chi connectivity index (χ0v) is 19.9. The average molecular weight is 486 g/mol. The number of Topliss-reactive ketones (excluding diaryl/α,β-unsaturated/α-hetero) is 1. The standard InChI is InChI=1S/C26H25ClFNO5/c1-14-23(26(31)33-3)24(25-20(29-14)5-4-6-21(25)30)15-7-10-22(32-2)16(11-15)13-34-17-8-9-19(28)18(27)12-17/h7-12,24,29H,4-6,13H2,1-3H3/t24-/m1/s1. The molecule has 0 bridgehead atoms. The summed E-state index contributed by atoms with van der Waals surface area (Å²) in [6.07, 6.45) is 1.93. The Morgan fingerprint density at radius 1 is 1.18 bits per heavy atom. The Kier molecular flexibility index (Phi) is 6.93. The van der Waals surface area contributed by atoms with Gasteiger partial charge in [0.25, 0.3) is 0 Å². The van der Waals surface area contributed by atoms with E-state index in [-0.39, 0.29) is 17.4 Å². The number of hydrogen-bond acceptors (Lipinski definition) is 6. The second-order valence-corrected chi connectivity index (χ2v) is 8.60. The molecular formula is C26H25ClFNO5. The number of allylic oxidation sites excluding steroid dienone is 3. The summed E-state index contributed by atoms with van der Waals surface area (Å²) < 4.78 is 29.9. The number of ether oxygens (including phenoxy) is 3. The molecule has 0 amide bonds. The number of ketones is 1. The normalized spacial score (nSPS) is 17.8. The number of hydrogen-bond donors (Lipinski definition) is 1. The zero-order chi connectivity index (χ0) is 24.4. The van der Waals surface area contributed by atoms with Crippen LogP contribution in [0, 0.1) is 5.82 Å². The van der Waals surface area contributed by atoms with Crippen LogP contribution in [0.25, 0.3) is 0 Å². The molecule has 4 rings (SSSR count). The Labute approximate surface area is 202 Å². The number of dihydropyridines is 1. The van der Waals surface area contributed by atoms with Gasteiger partial charge < -0.3 is 19.5 Å². The SMILES string of the molecule is COC(=O)C1=C(C)NC2=C(C(=O)CCC2)[C@@H]1c1ccc(OC)c(COc2ccc(F)c(Cl)c2)c1. The molecule has 0 spiro atoms. The number of halogens is 2. The van der Waals surface area contributed by atoms with Gasteiger partial charge in [-0.05, 0) is 49.6 Å². The number of rotatable bonds is 6. The van der Waals surface area contributed by atoms with Crippen molar-refractivity contribution in [3.05, 3.63) is 80.9 Å². The van der Waals surface area contributed by atoms with Crippen LogP contribution in [0.4, 0.5) is 4.39 Å². The van der Waals surface area contributed by atoms with Gasteiger partial charge in [0.1, 0.15) is 23.9 Å². The van der Waals surface area contributed by atoms with Crippen LogP contribution in [0.1, 0.15) is 43.2 Å². The third-order valence-corrected chi connectivity index (χ3v) is 6.39. The summed E-state index contributed by atoms with van der Waals surface area (Å²) in [4.78, 5) is 25.8. The molecule has 1 heterocycles. The highest BCUT2D eigenvalue weighted by molar-refractivity contribution is 6.30. The third-order valence-electron chi connectivity index (χ3n) is 6.10. The summed E-state index contributed by atoms with van der Waals surface area (Å²) in [6, 6.07) is 9.62. The lowest BCUT2D eigenvalue weighted by Crippen LogP contribution is -2.34. The average Bonchev–Trinajstić information content (AvgIpc) is 2.83. The molecule has 0 aromatic heterocycles. The predicted molar refractivity (Wildman–Crippen MR) is 125 cm³/mol. The first-order valence-electron chi connectivity index (χ1n) is 10.9. The summed E-state index contributed by atoms with van der Waals surface area (Å²) in [5, 5.41) is 3.22. The van der Waals surface area contributed by atoms with E-state index in [1.807, 2.05) is 19.1 Å². The molecule has 178 valence electrons. The van der Waals surface area contributed by atoms with Crippen LogP contribution in [0.15, 0.2) is 58.9 Å². The molecule has 2 aliphatic rings. The van der Waals surface area contributed by atoms with Gasteiger partial charge in [-0.1, -0.05) is 17.7 Å². The molecule has 0 saturated carbocycles. The Morgan fingerprint density at radius 3 is 2.68 bits per heavy atom. The molecule has 1 atom stereocenters. The van der Waals surface area contributed by atoms with Crippen LogP contribution in [-0.2, 0) is 20.9 Å². The number of carbonyl (C=O) groups is 2. The smallest absolute Gasteiger partial charge is 0.336 e. The molecule has 2 aromatic carbocycles. The Hall–Kier alpha value is -3.32. The maximum Gasteiger partial charge on any atom is 0.336 e. The highest BCUT2D eigenvalue weighted by atomic mass is 35.5. The minimum absolute atomic E-state index is 0.0159. The van der Waals surface area contributed by atoms with Crippen LogP contribution in [-0.4, -0.2) is 26.0 Å². The van der Waals surface area contributed by atoms with Gasteiger partial charge in [0.15, 0.2) is 5.78 Å². The van der Waals surface area contributed by atoms with Crippen molar-refractivity contribution in [2.24, 2.45) is 0 Å². The molecule has 0 radical (unpaired) electrons. The third kappa shape index (κ3) is 4.53. The van der Waals surface area contributed by atoms with Gasteiger partial charge in [0.2, 0.25) is 0 Å². The van der Waals surface area contributed by atoms with Crippen molar-refractivity contribution in [2.75, 3.05) is 14.2 Å². The monoisotopic (exact) mass is 485 g/mol. The second-order valence-electron chi connectivity index (χ2n) is 8.19. The first-order chi connectivity index (χ1) is 16.3. The van der Waals surface area contributed by atoms with Gasteiger partial charge in [-0.3, -0.25) is 4.79 Å². The van der Waals surface area contributed by atoms with E-state index in [0.29, 0.717) is 40.3 Å². The highest BCUT2D eigenvalue weighted by Crippen LogP contribution is 2.43. The fourth-order valence-corrected chi connectivity index (χ4v) is 4.69. The van der Waals surface area contributed by atoms with E-state index in [9.17, 15) is 14.0 Å². The minimum Gasteiger partial charge on any atom is -0.496 e. The van der Waals surface area contributed by atoms with Gasteiger partial charge in [-0.2, -0.15) is 0 Å². The van der Waals surface area contributed by atoms with Crippen LogP contribution in [0.2, 0.25) is 5.02 Å². The molecule has 0 saturated heterocycles. The van der Waals surface area contributed by atoms with Crippen molar-refractivity contribution in [1.82, 2.24) is 5.32 Å². The maximum absolute atomic E-state index is 13.5. The van der Waals surface area contributed by atoms with E-state index >= 15 is 0 Å². The van der Waals surface area contributed by atoms with Crippen molar-refractivity contribution < 1.29 is 28.2 Å². The fraction of sp³-hybridized carbons (Fsp3) is 0.308. The summed E-state index contributed by atoms with van der Waals surface area (Å²) in [5.41, 5.74) is 3.96. The highest BCUT2D eigenvalue weighted by Gasteiger charge is 2.39. The van der Waals surface area contributed by atoms with Crippen LogP contribution >= 0.6 is 11.6 Å². The van der Waals surface area contributed by atoms with E-state index in [2.05, 4.69) is 5.32 Å². The molecular weight excluding hydrogens is 461 g/mol. The lowest BCUT2D eigenvalue weighted by Gasteiger charge is -2.34. The van der Waals surface area contributed by atoms with Gasteiger partial charge in [0.05, 0.1) is 24.8 Å². The van der Waals surface area contributed by atoms with Gasteiger partial charge in [0, 0.05) is 40.9 Å². The number of nitrogens with one attached hydrogen (secondary N) is 1. The Bertz CT molecular complexity index is 1220. The van der Waals surface area contributed by atoms with Gasteiger partial charge in [-0.25, -0.2) is 9.18 Å². The number of carbonyl (C=O) groups excluding carboxylic acids is 2. The lowest BCUT2D eigenvalue weighted by molar-refractivity contribution is -0.136. The van der Waals surface area contributed by atoms with Crippen LogP contribution < -0.4 is 14.8 Å².